The Morgan fingerprint density at radius 1 is 1.47 bits per heavy atom. The normalized spacial score (nSPS) is 23.9. The van der Waals surface area contributed by atoms with Gasteiger partial charge in [0.05, 0.1) is 18.0 Å². The van der Waals surface area contributed by atoms with Gasteiger partial charge in [0, 0.05) is 25.4 Å². The number of aliphatic hydroxyl groups excluding tert-OH is 1. The summed E-state index contributed by atoms with van der Waals surface area (Å²) in [7, 11) is 0. The molecular weight excluding hydrogens is 240 g/mol. The number of aromatic nitrogens is 1. The number of rotatable bonds is 4. The molecule has 1 aromatic rings. The number of piperidine rings is 1. The molecule has 2 atom stereocenters. The second-order valence-corrected chi connectivity index (χ2v) is 5.39. The first-order valence-corrected chi connectivity index (χ1v) is 7.12. The van der Waals surface area contributed by atoms with Crippen LogP contribution in [0.15, 0.2) is 18.3 Å². The summed E-state index contributed by atoms with van der Waals surface area (Å²) in [6.45, 7) is 8.48. The minimum absolute atomic E-state index is 0.0940. The first-order chi connectivity index (χ1) is 9.11. The number of hydrogen-bond acceptors (Lipinski definition) is 4. The Kier molecular flexibility index (Phi) is 4.77. The number of pyridine rings is 1. The lowest BCUT2D eigenvalue weighted by Crippen LogP contribution is -2.48. The van der Waals surface area contributed by atoms with E-state index in [0.717, 1.165) is 30.9 Å². The summed E-state index contributed by atoms with van der Waals surface area (Å²) < 4.78 is 5.60. The predicted molar refractivity (Wildman–Crippen MR) is 76.6 cm³/mol. The van der Waals surface area contributed by atoms with Crippen LogP contribution in [0.3, 0.4) is 0 Å². The third-order valence-electron chi connectivity index (χ3n) is 3.63. The van der Waals surface area contributed by atoms with Gasteiger partial charge in [-0.1, -0.05) is 13.8 Å². The minimum Gasteiger partial charge on any atom is -0.390 e. The Morgan fingerprint density at radius 2 is 2.26 bits per heavy atom. The highest BCUT2D eigenvalue weighted by Gasteiger charge is 2.28. The SMILES string of the molecule is CCOC1CN(c2ccc(C(C)C)nc2)CCC1O. The monoisotopic (exact) mass is 264 g/mol. The molecule has 1 aliphatic rings. The maximum absolute atomic E-state index is 9.91. The number of aliphatic hydroxyl groups is 1. The van der Waals surface area contributed by atoms with Crippen LogP contribution in [0.5, 0.6) is 0 Å². The number of ether oxygens (including phenoxy) is 1. The molecule has 0 spiro atoms. The second kappa shape index (κ2) is 6.35. The first kappa shape index (κ1) is 14.3. The smallest absolute Gasteiger partial charge is 0.101 e. The van der Waals surface area contributed by atoms with Crippen molar-refractivity contribution in [3.05, 3.63) is 24.0 Å². The Morgan fingerprint density at radius 3 is 2.84 bits per heavy atom. The zero-order valence-corrected chi connectivity index (χ0v) is 12.0. The molecule has 2 rings (SSSR count). The third kappa shape index (κ3) is 3.45. The molecule has 0 radical (unpaired) electrons. The molecule has 1 saturated heterocycles. The molecule has 0 bridgehead atoms. The van der Waals surface area contributed by atoms with Gasteiger partial charge >= 0.3 is 0 Å². The summed E-state index contributed by atoms with van der Waals surface area (Å²) in [5, 5.41) is 9.91. The molecule has 0 amide bonds. The fourth-order valence-electron chi connectivity index (χ4n) is 2.44. The van der Waals surface area contributed by atoms with E-state index in [4.69, 9.17) is 4.74 Å². The lowest BCUT2D eigenvalue weighted by molar-refractivity contribution is -0.0398. The van der Waals surface area contributed by atoms with Gasteiger partial charge in [-0.3, -0.25) is 4.98 Å². The molecule has 4 nitrogen and oxygen atoms in total. The van der Waals surface area contributed by atoms with E-state index in [9.17, 15) is 5.11 Å². The number of hydrogen-bond donors (Lipinski definition) is 1. The Labute approximate surface area is 115 Å². The van der Waals surface area contributed by atoms with Gasteiger partial charge in [-0.25, -0.2) is 0 Å². The summed E-state index contributed by atoms with van der Waals surface area (Å²) in [6, 6.07) is 4.20. The molecule has 0 aliphatic carbocycles. The van der Waals surface area contributed by atoms with Crippen molar-refractivity contribution in [2.45, 2.75) is 45.3 Å². The fourth-order valence-corrected chi connectivity index (χ4v) is 2.44. The van der Waals surface area contributed by atoms with Gasteiger partial charge in [0.2, 0.25) is 0 Å². The highest BCUT2D eigenvalue weighted by atomic mass is 16.5. The van der Waals surface area contributed by atoms with Crippen LogP contribution in [0.4, 0.5) is 5.69 Å². The number of nitrogens with zero attached hydrogens (tertiary/aromatic N) is 2. The quantitative estimate of drug-likeness (QED) is 0.905. The summed E-state index contributed by atoms with van der Waals surface area (Å²) >= 11 is 0. The molecule has 0 saturated carbocycles. The van der Waals surface area contributed by atoms with Crippen LogP contribution in [0.2, 0.25) is 0 Å². The van der Waals surface area contributed by atoms with Gasteiger partial charge in [-0.2, -0.15) is 0 Å². The zero-order valence-electron chi connectivity index (χ0n) is 12.0. The average molecular weight is 264 g/mol. The summed E-state index contributed by atoms with van der Waals surface area (Å²) in [5.41, 5.74) is 2.23. The summed E-state index contributed by atoms with van der Waals surface area (Å²) in [5.74, 6) is 0.452. The molecule has 19 heavy (non-hydrogen) atoms. The van der Waals surface area contributed by atoms with E-state index in [2.05, 4.69) is 35.9 Å². The van der Waals surface area contributed by atoms with Crippen LogP contribution in [0, 0.1) is 0 Å². The molecule has 2 unspecified atom stereocenters. The fraction of sp³-hybridized carbons (Fsp3) is 0.667. The van der Waals surface area contributed by atoms with Crippen molar-refractivity contribution < 1.29 is 9.84 Å². The van der Waals surface area contributed by atoms with E-state index >= 15 is 0 Å². The van der Waals surface area contributed by atoms with Gasteiger partial charge in [0.15, 0.2) is 0 Å². The van der Waals surface area contributed by atoms with Gasteiger partial charge < -0.3 is 14.7 Å². The van der Waals surface area contributed by atoms with Gasteiger partial charge in [0.1, 0.15) is 6.10 Å². The van der Waals surface area contributed by atoms with Crippen molar-refractivity contribution in [1.82, 2.24) is 4.98 Å². The van der Waals surface area contributed by atoms with Crippen molar-refractivity contribution >= 4 is 5.69 Å². The van der Waals surface area contributed by atoms with E-state index < -0.39 is 0 Å². The number of anilines is 1. The standard InChI is InChI=1S/C15H24N2O2/c1-4-19-15-10-17(8-7-14(15)18)12-5-6-13(11(2)3)16-9-12/h5-6,9,11,14-15,18H,4,7-8,10H2,1-3H3. The van der Waals surface area contributed by atoms with Crippen LogP contribution in [0.25, 0.3) is 0 Å². The third-order valence-corrected chi connectivity index (χ3v) is 3.63. The van der Waals surface area contributed by atoms with Crippen LogP contribution < -0.4 is 4.90 Å². The van der Waals surface area contributed by atoms with Gasteiger partial charge in [-0.05, 0) is 31.4 Å². The van der Waals surface area contributed by atoms with Crippen molar-refractivity contribution in [2.24, 2.45) is 0 Å². The molecule has 1 aliphatic heterocycles. The molecule has 4 heteroatoms. The average Bonchev–Trinajstić information content (AvgIpc) is 2.41. The van der Waals surface area contributed by atoms with Crippen LogP contribution >= 0.6 is 0 Å². The van der Waals surface area contributed by atoms with Crippen molar-refractivity contribution in [1.29, 1.82) is 0 Å². The molecule has 2 heterocycles. The van der Waals surface area contributed by atoms with Crippen molar-refractivity contribution in [3.8, 4) is 0 Å². The van der Waals surface area contributed by atoms with Crippen molar-refractivity contribution in [3.63, 3.8) is 0 Å². The Balaban J connectivity index is 2.05. The van der Waals surface area contributed by atoms with Crippen LogP contribution in [0.1, 0.15) is 38.8 Å². The summed E-state index contributed by atoms with van der Waals surface area (Å²) in [4.78, 5) is 6.74. The predicted octanol–water partition coefficient (Wildman–Crippen LogP) is 2.18. The lowest BCUT2D eigenvalue weighted by atomic mass is 10.0. The van der Waals surface area contributed by atoms with E-state index in [1.807, 2.05) is 13.1 Å². The molecule has 0 aromatic carbocycles. The minimum atomic E-state index is -0.348. The Hall–Kier alpha value is -1.13. The summed E-state index contributed by atoms with van der Waals surface area (Å²) in [6.07, 6.45) is 2.23. The molecule has 1 aromatic heterocycles. The van der Waals surface area contributed by atoms with Crippen molar-refractivity contribution in [2.75, 3.05) is 24.6 Å². The van der Waals surface area contributed by atoms with E-state index in [0.29, 0.717) is 12.5 Å². The largest absolute Gasteiger partial charge is 0.390 e. The van der Waals surface area contributed by atoms with Crippen LogP contribution in [-0.2, 0) is 4.74 Å². The van der Waals surface area contributed by atoms with Gasteiger partial charge in [0.25, 0.3) is 0 Å². The molecule has 1 fully saturated rings. The Bertz CT molecular complexity index is 392. The zero-order chi connectivity index (χ0) is 13.8. The molecule has 1 N–H and O–H groups in total. The molecule has 106 valence electrons. The van der Waals surface area contributed by atoms with Gasteiger partial charge in [-0.15, -0.1) is 0 Å². The molecular formula is C15H24N2O2. The topological polar surface area (TPSA) is 45.6 Å². The second-order valence-electron chi connectivity index (χ2n) is 5.39. The first-order valence-electron chi connectivity index (χ1n) is 7.12. The lowest BCUT2D eigenvalue weighted by Gasteiger charge is -2.37. The van der Waals surface area contributed by atoms with E-state index in [1.54, 1.807) is 0 Å². The maximum atomic E-state index is 9.91. The highest BCUT2D eigenvalue weighted by Crippen LogP contribution is 2.22. The van der Waals surface area contributed by atoms with E-state index in [1.165, 1.54) is 0 Å². The maximum Gasteiger partial charge on any atom is 0.101 e. The highest BCUT2D eigenvalue weighted by molar-refractivity contribution is 5.45. The van der Waals surface area contributed by atoms with E-state index in [-0.39, 0.29) is 12.2 Å². The van der Waals surface area contributed by atoms with Crippen LogP contribution in [-0.4, -0.2) is 42.0 Å².